The number of carbonyl (C=O) groups excluding carboxylic acids is 1. The van der Waals surface area contributed by atoms with Crippen LogP contribution in [0.15, 0.2) is 60.7 Å². The Balaban J connectivity index is 1.35. The lowest BCUT2D eigenvalue weighted by Crippen LogP contribution is -2.25. The minimum absolute atomic E-state index is 0.0554. The molecule has 4 aromatic rings. The Hall–Kier alpha value is -4.88. The maximum absolute atomic E-state index is 15.0. The summed E-state index contributed by atoms with van der Waals surface area (Å²) in [5, 5.41) is 3.90. The third kappa shape index (κ3) is 5.96. The quantitative estimate of drug-likeness (QED) is 0.152. The maximum atomic E-state index is 15.0. The van der Waals surface area contributed by atoms with Gasteiger partial charge in [-0.25, -0.2) is 13.9 Å². The first kappa shape index (κ1) is 30.2. The average molecular weight is 635 g/mol. The van der Waals surface area contributed by atoms with Crippen molar-refractivity contribution in [3.63, 3.8) is 0 Å². The number of alkyl halides is 5. The minimum Gasteiger partial charge on any atom is -0.484 e. The molecule has 14 heteroatoms. The van der Waals surface area contributed by atoms with Crippen LogP contribution in [0.4, 0.5) is 26.3 Å². The van der Waals surface area contributed by atoms with E-state index in [2.05, 4.69) is 14.6 Å². The number of esters is 1. The van der Waals surface area contributed by atoms with Crippen LogP contribution in [0.1, 0.15) is 64.8 Å². The Bertz CT molecular complexity index is 1770. The second kappa shape index (κ2) is 11.2. The molecule has 6 rings (SSSR count). The van der Waals surface area contributed by atoms with Crippen LogP contribution < -0.4 is 18.9 Å². The van der Waals surface area contributed by atoms with Crippen molar-refractivity contribution in [1.29, 1.82) is 0 Å². The Kier molecular flexibility index (Phi) is 7.53. The summed E-state index contributed by atoms with van der Waals surface area (Å²) in [7, 11) is 1.22. The molecule has 0 N–H and O–H groups in total. The van der Waals surface area contributed by atoms with Crippen LogP contribution in [-0.2, 0) is 17.3 Å². The monoisotopic (exact) mass is 634 g/mol. The molecule has 0 saturated heterocycles. The van der Waals surface area contributed by atoms with Gasteiger partial charge in [-0.3, -0.25) is 0 Å². The zero-order valence-electron chi connectivity index (χ0n) is 23.7. The van der Waals surface area contributed by atoms with Gasteiger partial charge >= 0.3 is 18.4 Å². The third-order valence-corrected chi connectivity index (χ3v) is 7.38. The lowest BCUT2D eigenvalue weighted by Gasteiger charge is -2.26. The first-order chi connectivity index (χ1) is 21.3. The molecule has 0 radical (unpaired) electrons. The van der Waals surface area contributed by atoms with E-state index in [0.717, 1.165) is 10.7 Å². The van der Waals surface area contributed by atoms with Crippen molar-refractivity contribution in [2.75, 3.05) is 7.11 Å². The van der Waals surface area contributed by atoms with Gasteiger partial charge in [-0.05, 0) is 74.2 Å². The average Bonchev–Trinajstić information content (AvgIpc) is 3.54. The van der Waals surface area contributed by atoms with Crippen LogP contribution in [0.3, 0.4) is 0 Å². The summed E-state index contributed by atoms with van der Waals surface area (Å²) >= 11 is 0. The molecular formula is C31H24F6N2O6. The summed E-state index contributed by atoms with van der Waals surface area (Å²) in [5.41, 5.74) is -0.417. The second-order valence-corrected chi connectivity index (χ2v) is 10.4. The predicted octanol–water partition coefficient (Wildman–Crippen LogP) is 7.73. The molecule has 2 atom stereocenters. The summed E-state index contributed by atoms with van der Waals surface area (Å²) in [6.07, 6.45) is -9.61. The molecule has 236 valence electrons. The number of methoxy groups -OCH3 is 1. The summed E-state index contributed by atoms with van der Waals surface area (Å²) in [4.78, 5) is 12.0. The topological polar surface area (TPSA) is 81.0 Å². The summed E-state index contributed by atoms with van der Waals surface area (Å²) < 4.78 is 111. The van der Waals surface area contributed by atoms with Crippen molar-refractivity contribution in [2.24, 2.45) is 0 Å². The highest BCUT2D eigenvalue weighted by atomic mass is 19.4. The maximum Gasteiger partial charge on any atom is 0.586 e. The molecule has 3 aromatic carbocycles. The van der Waals surface area contributed by atoms with Gasteiger partial charge < -0.3 is 23.7 Å². The number of carbonyl (C=O) groups is 1. The van der Waals surface area contributed by atoms with Gasteiger partial charge in [0.05, 0.1) is 24.1 Å². The van der Waals surface area contributed by atoms with Gasteiger partial charge in [-0.1, -0.05) is 12.1 Å². The van der Waals surface area contributed by atoms with E-state index in [1.807, 2.05) is 0 Å². The molecule has 2 heterocycles. The van der Waals surface area contributed by atoms with Crippen LogP contribution in [0.5, 0.6) is 23.0 Å². The van der Waals surface area contributed by atoms with Gasteiger partial charge in [-0.2, -0.15) is 18.3 Å². The highest BCUT2D eigenvalue weighted by Crippen LogP contribution is 2.44. The van der Waals surface area contributed by atoms with E-state index < -0.39 is 42.2 Å². The minimum atomic E-state index is -4.79. The molecule has 1 aromatic heterocycles. The fourth-order valence-corrected chi connectivity index (χ4v) is 5.35. The van der Waals surface area contributed by atoms with Gasteiger partial charge in [0.1, 0.15) is 18.0 Å². The summed E-state index contributed by atoms with van der Waals surface area (Å²) in [6.45, 7) is 1.53. The van der Waals surface area contributed by atoms with E-state index in [4.69, 9.17) is 14.2 Å². The highest BCUT2D eigenvalue weighted by molar-refractivity contribution is 5.89. The lowest BCUT2D eigenvalue weighted by atomic mass is 9.92. The van der Waals surface area contributed by atoms with Gasteiger partial charge in [0.2, 0.25) is 0 Å². The Morgan fingerprint density at radius 2 is 1.84 bits per heavy atom. The van der Waals surface area contributed by atoms with Crippen LogP contribution in [0.25, 0.3) is 5.69 Å². The SMILES string of the molecule is COC(=O)c1cccc(O[C@H]2CCCc3c(C(F)(F)F)nn(-c4ccc(F)c(O[C@@H](C)c5ccc6c(c5)OC(F)(F)O6)c4)c32)c1. The van der Waals surface area contributed by atoms with Crippen LogP contribution >= 0.6 is 0 Å². The number of fused-ring (bicyclic) bond motifs is 2. The highest BCUT2D eigenvalue weighted by Gasteiger charge is 2.44. The second-order valence-electron chi connectivity index (χ2n) is 10.4. The lowest BCUT2D eigenvalue weighted by molar-refractivity contribution is -0.286. The van der Waals surface area contributed by atoms with E-state index in [1.165, 1.54) is 56.5 Å². The van der Waals surface area contributed by atoms with Crippen molar-refractivity contribution >= 4 is 5.97 Å². The first-order valence-electron chi connectivity index (χ1n) is 13.7. The number of ether oxygens (including phenoxy) is 5. The Morgan fingerprint density at radius 3 is 2.60 bits per heavy atom. The predicted molar refractivity (Wildman–Crippen MR) is 144 cm³/mol. The van der Waals surface area contributed by atoms with Gasteiger partial charge in [-0.15, -0.1) is 8.78 Å². The first-order valence-corrected chi connectivity index (χ1v) is 13.7. The zero-order valence-corrected chi connectivity index (χ0v) is 23.7. The van der Waals surface area contributed by atoms with E-state index in [-0.39, 0.29) is 51.9 Å². The molecule has 1 aliphatic heterocycles. The molecule has 8 nitrogen and oxygen atoms in total. The van der Waals surface area contributed by atoms with Crippen molar-refractivity contribution in [3.05, 3.63) is 94.6 Å². The number of hydrogen-bond donors (Lipinski definition) is 0. The normalized spacial score (nSPS) is 17.4. The van der Waals surface area contributed by atoms with Crippen LogP contribution in [0.2, 0.25) is 0 Å². The number of nitrogens with zero attached hydrogens (tertiary/aromatic N) is 2. The Labute approximate surface area is 252 Å². The molecule has 0 bridgehead atoms. The molecular weight excluding hydrogens is 610 g/mol. The van der Waals surface area contributed by atoms with Crippen molar-refractivity contribution in [1.82, 2.24) is 9.78 Å². The number of aromatic nitrogens is 2. The number of halogens is 6. The molecule has 1 aliphatic carbocycles. The van der Waals surface area contributed by atoms with Crippen LogP contribution in [0, 0.1) is 5.82 Å². The largest absolute Gasteiger partial charge is 0.586 e. The number of rotatable bonds is 7. The van der Waals surface area contributed by atoms with Crippen LogP contribution in [-0.4, -0.2) is 29.2 Å². The standard InChI is InChI=1S/C31H24F6N2O6/c1-16(17-9-12-23-26(14-17)45-31(36,37)44-23)42-25-15-19(10-11-22(25)32)39-27-21(28(38-39)30(33,34)35)7-4-8-24(27)43-20-6-3-5-18(13-20)29(40)41-2/h3,5-6,9-16,24H,4,7-8H2,1-2H3/t16-,24-/m0/s1. The fourth-order valence-electron chi connectivity index (χ4n) is 5.35. The van der Waals surface area contributed by atoms with Crippen molar-refractivity contribution < 1.29 is 54.8 Å². The summed E-state index contributed by atoms with van der Waals surface area (Å²) in [6, 6.07) is 13.5. The smallest absolute Gasteiger partial charge is 0.484 e. The van der Waals surface area contributed by atoms with Gasteiger partial charge in [0.25, 0.3) is 0 Å². The van der Waals surface area contributed by atoms with E-state index in [1.54, 1.807) is 12.1 Å². The molecule has 0 spiro atoms. The number of hydrogen-bond acceptors (Lipinski definition) is 7. The van der Waals surface area contributed by atoms with E-state index in [0.29, 0.717) is 18.4 Å². The third-order valence-electron chi connectivity index (χ3n) is 7.38. The molecule has 0 amide bonds. The van der Waals surface area contributed by atoms with Crippen molar-refractivity contribution in [2.45, 2.75) is 50.9 Å². The fraction of sp³-hybridized carbons (Fsp3) is 0.290. The molecule has 2 aliphatic rings. The molecule has 0 fully saturated rings. The van der Waals surface area contributed by atoms with Gasteiger partial charge in [0, 0.05) is 11.6 Å². The molecule has 0 saturated carbocycles. The molecule has 45 heavy (non-hydrogen) atoms. The van der Waals surface area contributed by atoms with E-state index >= 15 is 0 Å². The van der Waals surface area contributed by atoms with Gasteiger partial charge in [0.15, 0.2) is 28.8 Å². The Morgan fingerprint density at radius 1 is 1.07 bits per heavy atom. The summed E-state index contributed by atoms with van der Waals surface area (Å²) in [5.74, 6) is -1.92. The molecule has 0 unspecified atom stereocenters. The van der Waals surface area contributed by atoms with Crippen molar-refractivity contribution in [3.8, 4) is 28.7 Å². The number of benzene rings is 3. The zero-order chi connectivity index (χ0) is 32.1. The van der Waals surface area contributed by atoms with E-state index in [9.17, 15) is 31.1 Å².